The Morgan fingerprint density at radius 2 is 1.90 bits per heavy atom. The number of aryl methyl sites for hydroxylation is 2. The molecule has 0 radical (unpaired) electrons. The summed E-state index contributed by atoms with van der Waals surface area (Å²) < 4.78 is 28.9. The molecule has 31 heavy (non-hydrogen) atoms. The fraction of sp³-hybridized carbons (Fsp3) is 0.458. The quantitative estimate of drug-likeness (QED) is 0.622. The normalized spacial score (nSPS) is 18.9. The van der Waals surface area contributed by atoms with Crippen LogP contribution in [0.25, 0.3) is 11.1 Å². The first-order valence-electron chi connectivity index (χ1n) is 10.6. The molecule has 0 aromatic heterocycles. The Bertz CT molecular complexity index is 1000. The Labute approximate surface area is 184 Å². The van der Waals surface area contributed by atoms with Gasteiger partial charge in [0, 0.05) is 19.3 Å². The number of carbonyl (C=O) groups excluding carboxylic acids is 1. The number of nitrogens with one attached hydrogen (secondary N) is 1. The van der Waals surface area contributed by atoms with E-state index in [1.54, 1.807) is 0 Å². The van der Waals surface area contributed by atoms with Gasteiger partial charge in [0.1, 0.15) is 4.75 Å². The minimum atomic E-state index is -3.68. The molecule has 6 nitrogen and oxygen atoms in total. The molecule has 3 rings (SSSR count). The first-order valence-corrected chi connectivity index (χ1v) is 12.5. The number of amides is 1. The minimum Gasteiger partial charge on any atom is -0.350 e. The molecule has 0 bridgehead atoms. The van der Waals surface area contributed by atoms with E-state index < -0.39 is 26.8 Å². The molecule has 1 amide bonds. The Hall–Kier alpha value is -2.22. The van der Waals surface area contributed by atoms with E-state index in [4.69, 9.17) is 9.57 Å². The van der Waals surface area contributed by atoms with Gasteiger partial charge in [0.15, 0.2) is 16.1 Å². The maximum absolute atomic E-state index is 12.8. The fourth-order valence-corrected chi connectivity index (χ4v) is 4.51. The van der Waals surface area contributed by atoms with Crippen molar-refractivity contribution >= 4 is 15.7 Å². The van der Waals surface area contributed by atoms with Crippen molar-refractivity contribution in [3.05, 3.63) is 59.7 Å². The fourth-order valence-electron chi connectivity index (χ4n) is 3.66. The predicted octanol–water partition coefficient (Wildman–Crippen LogP) is 3.97. The molecule has 7 heteroatoms. The molecular formula is C24H31NO5S. The van der Waals surface area contributed by atoms with Crippen LogP contribution in [0.3, 0.4) is 0 Å². The molecule has 2 aromatic rings. The first kappa shape index (κ1) is 23.4. The number of benzene rings is 2. The van der Waals surface area contributed by atoms with E-state index in [9.17, 15) is 13.2 Å². The van der Waals surface area contributed by atoms with E-state index >= 15 is 0 Å². The van der Waals surface area contributed by atoms with E-state index in [0.29, 0.717) is 19.4 Å². The van der Waals surface area contributed by atoms with Gasteiger partial charge in [0.2, 0.25) is 0 Å². The second-order valence-electron chi connectivity index (χ2n) is 8.36. The second-order valence-corrected chi connectivity index (χ2v) is 10.8. The van der Waals surface area contributed by atoms with Gasteiger partial charge in [-0.25, -0.2) is 18.7 Å². The largest absolute Gasteiger partial charge is 0.350 e. The van der Waals surface area contributed by atoms with E-state index in [-0.39, 0.29) is 6.42 Å². The Morgan fingerprint density at radius 1 is 1.16 bits per heavy atom. The van der Waals surface area contributed by atoms with Crippen LogP contribution in [0, 0.1) is 6.92 Å². The van der Waals surface area contributed by atoms with Crippen molar-refractivity contribution < 1.29 is 22.8 Å². The highest BCUT2D eigenvalue weighted by molar-refractivity contribution is 7.92. The molecule has 2 unspecified atom stereocenters. The van der Waals surface area contributed by atoms with Crippen molar-refractivity contribution in [2.75, 3.05) is 12.9 Å². The zero-order valence-corrected chi connectivity index (χ0v) is 19.2. The Morgan fingerprint density at radius 3 is 2.52 bits per heavy atom. The maximum Gasteiger partial charge on any atom is 0.264 e. The summed E-state index contributed by atoms with van der Waals surface area (Å²) in [5.74, 6) is -0.664. The van der Waals surface area contributed by atoms with Gasteiger partial charge in [-0.05, 0) is 61.8 Å². The zero-order chi connectivity index (χ0) is 22.5. The van der Waals surface area contributed by atoms with Gasteiger partial charge in [-0.1, -0.05) is 48.5 Å². The van der Waals surface area contributed by atoms with Crippen molar-refractivity contribution in [3.63, 3.8) is 0 Å². The summed E-state index contributed by atoms with van der Waals surface area (Å²) in [4.78, 5) is 18.2. The van der Waals surface area contributed by atoms with E-state index in [0.717, 1.165) is 41.4 Å². The smallest absolute Gasteiger partial charge is 0.264 e. The standard InChI is InChI=1S/C24H31NO5S/c1-18-17-21(20-9-5-4-6-10-20)13-12-19(18)14-15-24(2,31(3,27)28)23(26)25-30-22-11-7-8-16-29-22/h4-6,9-10,12-13,17,22H,7-8,11,14-16H2,1-3H3,(H,25,26). The third-order valence-electron chi connectivity index (χ3n) is 6.04. The van der Waals surface area contributed by atoms with Gasteiger partial charge in [0.25, 0.3) is 5.91 Å². The SMILES string of the molecule is Cc1cc(-c2ccccc2)ccc1CCC(C)(C(=O)NOC1CCCCO1)S(C)(=O)=O. The minimum absolute atomic E-state index is 0.151. The van der Waals surface area contributed by atoms with E-state index in [1.165, 1.54) is 6.92 Å². The number of sulfone groups is 1. The maximum atomic E-state index is 12.8. The number of hydroxylamine groups is 1. The molecule has 1 aliphatic heterocycles. The highest BCUT2D eigenvalue weighted by Gasteiger charge is 2.43. The molecule has 1 aliphatic rings. The van der Waals surface area contributed by atoms with Crippen LogP contribution in [0.1, 0.15) is 43.7 Å². The number of carbonyl (C=O) groups is 1. The summed E-state index contributed by atoms with van der Waals surface area (Å²) >= 11 is 0. The number of hydrogen-bond donors (Lipinski definition) is 1. The lowest BCUT2D eigenvalue weighted by Gasteiger charge is -2.28. The molecule has 1 fully saturated rings. The van der Waals surface area contributed by atoms with Gasteiger partial charge in [-0.15, -0.1) is 0 Å². The molecule has 0 aliphatic carbocycles. The zero-order valence-electron chi connectivity index (χ0n) is 18.4. The topological polar surface area (TPSA) is 81.7 Å². The number of rotatable bonds is 8. The lowest BCUT2D eigenvalue weighted by Crippen LogP contribution is -2.51. The first-order chi connectivity index (χ1) is 14.7. The summed E-state index contributed by atoms with van der Waals surface area (Å²) in [5.41, 5.74) is 6.64. The molecule has 2 aromatic carbocycles. The molecule has 2 atom stereocenters. The van der Waals surface area contributed by atoms with Gasteiger partial charge in [0.05, 0.1) is 0 Å². The lowest BCUT2D eigenvalue weighted by atomic mass is 9.94. The van der Waals surface area contributed by atoms with Gasteiger partial charge >= 0.3 is 0 Å². The van der Waals surface area contributed by atoms with Crippen molar-refractivity contribution in [1.82, 2.24) is 5.48 Å². The van der Waals surface area contributed by atoms with E-state index in [2.05, 4.69) is 23.7 Å². The van der Waals surface area contributed by atoms with Crippen molar-refractivity contribution in [3.8, 4) is 11.1 Å². The molecule has 168 valence electrons. The Kier molecular flexibility index (Phi) is 7.51. The number of hydrogen-bond acceptors (Lipinski definition) is 5. The molecule has 1 saturated heterocycles. The van der Waals surface area contributed by atoms with Crippen LogP contribution in [-0.2, 0) is 30.6 Å². The van der Waals surface area contributed by atoms with Gasteiger partial charge < -0.3 is 4.74 Å². The highest BCUT2D eigenvalue weighted by Crippen LogP contribution is 2.27. The van der Waals surface area contributed by atoms with Crippen LogP contribution in [0.2, 0.25) is 0 Å². The number of ether oxygens (including phenoxy) is 1. The average molecular weight is 446 g/mol. The molecule has 1 heterocycles. The van der Waals surface area contributed by atoms with Crippen molar-refractivity contribution in [1.29, 1.82) is 0 Å². The average Bonchev–Trinajstić information content (AvgIpc) is 2.77. The van der Waals surface area contributed by atoms with E-state index in [1.807, 2.05) is 37.3 Å². The van der Waals surface area contributed by atoms with Crippen LogP contribution >= 0.6 is 0 Å². The van der Waals surface area contributed by atoms with Crippen LogP contribution in [0.4, 0.5) is 0 Å². The van der Waals surface area contributed by atoms with Crippen LogP contribution in [-0.4, -0.2) is 38.2 Å². The summed E-state index contributed by atoms with van der Waals surface area (Å²) in [7, 11) is -3.68. The monoisotopic (exact) mass is 445 g/mol. The van der Waals surface area contributed by atoms with Crippen molar-refractivity contribution in [2.45, 2.75) is 57.0 Å². The molecular weight excluding hydrogens is 414 g/mol. The summed E-state index contributed by atoms with van der Waals surface area (Å²) in [6.07, 6.45) is 3.74. The predicted molar refractivity (Wildman–Crippen MR) is 121 cm³/mol. The van der Waals surface area contributed by atoms with Crippen LogP contribution in [0.5, 0.6) is 0 Å². The third kappa shape index (κ3) is 5.73. The third-order valence-corrected chi connectivity index (χ3v) is 8.07. The van der Waals surface area contributed by atoms with Gasteiger partial charge in [-0.2, -0.15) is 0 Å². The van der Waals surface area contributed by atoms with Gasteiger partial charge in [-0.3, -0.25) is 4.79 Å². The Balaban J connectivity index is 1.70. The molecule has 0 saturated carbocycles. The highest BCUT2D eigenvalue weighted by atomic mass is 32.2. The summed E-state index contributed by atoms with van der Waals surface area (Å²) in [6.45, 7) is 4.03. The van der Waals surface area contributed by atoms with Crippen LogP contribution < -0.4 is 5.48 Å². The molecule has 0 spiro atoms. The second kappa shape index (κ2) is 9.94. The summed E-state index contributed by atoms with van der Waals surface area (Å²) in [6, 6.07) is 16.2. The van der Waals surface area contributed by atoms with Crippen molar-refractivity contribution in [2.24, 2.45) is 0 Å². The summed E-state index contributed by atoms with van der Waals surface area (Å²) in [5, 5.41) is 0. The lowest BCUT2D eigenvalue weighted by molar-refractivity contribution is -0.201. The van der Waals surface area contributed by atoms with Crippen LogP contribution in [0.15, 0.2) is 48.5 Å². The molecule has 1 N–H and O–H groups in total.